The minimum absolute atomic E-state index is 0.0336. The molecule has 0 radical (unpaired) electrons. The Balaban J connectivity index is 1.90. The van der Waals surface area contributed by atoms with Crippen LogP contribution in [0.2, 0.25) is 0 Å². The summed E-state index contributed by atoms with van der Waals surface area (Å²) in [5, 5.41) is 28.9. The summed E-state index contributed by atoms with van der Waals surface area (Å²) < 4.78 is 1.71. The van der Waals surface area contributed by atoms with E-state index in [0.717, 1.165) is 12.1 Å². The van der Waals surface area contributed by atoms with Crippen LogP contribution in [0.4, 0.5) is 11.5 Å². The standard InChI is InChI=1S/C17H22N6O/c1-3-14(11-24)19-16-9-15(17-21-20-12(2)23(17)22-16)18-10-13-7-5-4-6-8-13/h4-9,14,18,24H,3,10-11H2,1-2H3,(H,19,22)/t14-/m1/s1. The van der Waals surface area contributed by atoms with Crippen molar-refractivity contribution in [2.24, 2.45) is 0 Å². The molecule has 126 valence electrons. The Bertz CT molecular complexity index is 797. The van der Waals surface area contributed by atoms with E-state index >= 15 is 0 Å². The van der Waals surface area contributed by atoms with Gasteiger partial charge in [0.15, 0.2) is 5.82 Å². The highest BCUT2D eigenvalue weighted by molar-refractivity contribution is 5.70. The molecule has 3 aromatic rings. The first-order chi connectivity index (χ1) is 11.7. The zero-order valence-electron chi connectivity index (χ0n) is 13.9. The normalized spacial score (nSPS) is 12.3. The number of hydrogen-bond acceptors (Lipinski definition) is 6. The van der Waals surface area contributed by atoms with Gasteiger partial charge in [0, 0.05) is 12.6 Å². The number of fused-ring (bicyclic) bond motifs is 1. The SMILES string of the molecule is CC[C@H](CO)Nc1cc(NCc2ccccc2)c2nnc(C)n2n1. The van der Waals surface area contributed by atoms with Gasteiger partial charge in [-0.3, -0.25) is 0 Å². The second kappa shape index (κ2) is 7.27. The Kier molecular flexibility index (Phi) is 4.90. The van der Waals surface area contributed by atoms with Gasteiger partial charge in [0.05, 0.1) is 18.3 Å². The van der Waals surface area contributed by atoms with Crippen LogP contribution in [0, 0.1) is 6.92 Å². The first-order valence-electron chi connectivity index (χ1n) is 8.09. The summed E-state index contributed by atoms with van der Waals surface area (Å²) in [5.41, 5.74) is 2.72. The highest BCUT2D eigenvalue weighted by atomic mass is 16.3. The second-order valence-electron chi connectivity index (χ2n) is 5.70. The zero-order chi connectivity index (χ0) is 16.9. The smallest absolute Gasteiger partial charge is 0.201 e. The highest BCUT2D eigenvalue weighted by Gasteiger charge is 2.13. The summed E-state index contributed by atoms with van der Waals surface area (Å²) in [4.78, 5) is 0. The zero-order valence-corrected chi connectivity index (χ0v) is 13.9. The lowest BCUT2D eigenvalue weighted by atomic mass is 10.2. The molecule has 0 fully saturated rings. The van der Waals surface area contributed by atoms with Crippen LogP contribution in [0.3, 0.4) is 0 Å². The molecule has 0 saturated carbocycles. The average Bonchev–Trinajstić information content (AvgIpc) is 3.00. The molecule has 2 heterocycles. The molecule has 24 heavy (non-hydrogen) atoms. The van der Waals surface area contributed by atoms with Gasteiger partial charge < -0.3 is 15.7 Å². The average molecular weight is 326 g/mol. The van der Waals surface area contributed by atoms with Crippen LogP contribution in [-0.4, -0.2) is 37.6 Å². The summed E-state index contributed by atoms with van der Waals surface area (Å²) in [6, 6.07) is 12.0. The molecule has 0 aliphatic rings. The van der Waals surface area contributed by atoms with Gasteiger partial charge in [0.25, 0.3) is 0 Å². The first-order valence-corrected chi connectivity index (χ1v) is 8.09. The van der Waals surface area contributed by atoms with E-state index in [2.05, 4.69) is 38.1 Å². The van der Waals surface area contributed by atoms with Crippen LogP contribution in [-0.2, 0) is 6.54 Å². The number of nitrogens with one attached hydrogen (secondary N) is 2. The van der Waals surface area contributed by atoms with Crippen molar-refractivity contribution in [2.75, 3.05) is 17.2 Å². The third-order valence-electron chi connectivity index (χ3n) is 3.92. The third kappa shape index (κ3) is 3.46. The summed E-state index contributed by atoms with van der Waals surface area (Å²) in [5.74, 6) is 1.40. The van der Waals surface area contributed by atoms with Gasteiger partial charge in [-0.15, -0.1) is 15.3 Å². The van der Waals surface area contributed by atoms with E-state index in [-0.39, 0.29) is 12.6 Å². The highest BCUT2D eigenvalue weighted by Crippen LogP contribution is 2.20. The van der Waals surface area contributed by atoms with Crippen molar-refractivity contribution in [2.45, 2.75) is 32.9 Å². The predicted octanol–water partition coefficient (Wildman–Crippen LogP) is 2.23. The number of nitrogens with zero attached hydrogens (tertiary/aromatic N) is 4. The van der Waals surface area contributed by atoms with Crippen LogP contribution in [0.15, 0.2) is 36.4 Å². The minimum atomic E-state index is -0.0336. The van der Waals surface area contributed by atoms with Gasteiger partial charge in [0.1, 0.15) is 5.82 Å². The molecule has 7 nitrogen and oxygen atoms in total. The number of aliphatic hydroxyl groups excluding tert-OH is 1. The van der Waals surface area contributed by atoms with Crippen molar-refractivity contribution in [1.82, 2.24) is 19.8 Å². The van der Waals surface area contributed by atoms with E-state index < -0.39 is 0 Å². The van der Waals surface area contributed by atoms with Gasteiger partial charge in [0.2, 0.25) is 5.65 Å². The molecular weight excluding hydrogens is 304 g/mol. The quantitative estimate of drug-likeness (QED) is 0.617. The minimum Gasteiger partial charge on any atom is -0.394 e. The molecule has 0 unspecified atom stereocenters. The van der Waals surface area contributed by atoms with Gasteiger partial charge in [-0.2, -0.15) is 4.52 Å². The van der Waals surface area contributed by atoms with Gasteiger partial charge in [-0.1, -0.05) is 37.3 Å². The molecule has 2 aromatic heterocycles. The molecule has 7 heteroatoms. The lowest BCUT2D eigenvalue weighted by Gasteiger charge is -2.16. The molecule has 0 saturated heterocycles. The van der Waals surface area contributed by atoms with E-state index in [1.165, 1.54) is 5.56 Å². The van der Waals surface area contributed by atoms with Crippen LogP contribution >= 0.6 is 0 Å². The van der Waals surface area contributed by atoms with E-state index in [4.69, 9.17) is 0 Å². The van der Waals surface area contributed by atoms with Crippen molar-refractivity contribution < 1.29 is 5.11 Å². The summed E-state index contributed by atoms with van der Waals surface area (Å²) in [7, 11) is 0. The van der Waals surface area contributed by atoms with Crippen LogP contribution in [0.1, 0.15) is 24.7 Å². The Labute approximate surface area is 140 Å². The topological polar surface area (TPSA) is 87.4 Å². The Morgan fingerprint density at radius 2 is 2.00 bits per heavy atom. The molecule has 0 spiro atoms. The summed E-state index contributed by atoms with van der Waals surface area (Å²) in [6.45, 7) is 4.62. The second-order valence-corrected chi connectivity index (χ2v) is 5.70. The molecular formula is C17H22N6O. The maximum absolute atomic E-state index is 9.40. The third-order valence-corrected chi connectivity index (χ3v) is 3.92. The number of anilines is 2. The fraction of sp³-hybridized carbons (Fsp3) is 0.353. The summed E-state index contributed by atoms with van der Waals surface area (Å²) in [6.07, 6.45) is 0.810. The number of rotatable bonds is 7. The number of benzene rings is 1. The fourth-order valence-electron chi connectivity index (χ4n) is 2.46. The van der Waals surface area contributed by atoms with Crippen LogP contribution < -0.4 is 10.6 Å². The largest absolute Gasteiger partial charge is 0.394 e. The Morgan fingerprint density at radius 1 is 1.21 bits per heavy atom. The molecule has 0 bridgehead atoms. The van der Waals surface area contributed by atoms with Gasteiger partial charge in [-0.05, 0) is 18.9 Å². The van der Waals surface area contributed by atoms with E-state index in [9.17, 15) is 5.11 Å². The number of hydrogen-bond donors (Lipinski definition) is 3. The van der Waals surface area contributed by atoms with Gasteiger partial charge >= 0.3 is 0 Å². The van der Waals surface area contributed by atoms with E-state index in [1.807, 2.05) is 38.1 Å². The maximum atomic E-state index is 9.40. The van der Waals surface area contributed by atoms with Crippen molar-refractivity contribution in [3.63, 3.8) is 0 Å². The molecule has 1 aromatic carbocycles. The summed E-state index contributed by atoms with van der Waals surface area (Å²) >= 11 is 0. The van der Waals surface area contributed by atoms with Crippen LogP contribution in [0.25, 0.3) is 5.65 Å². The van der Waals surface area contributed by atoms with E-state index in [1.54, 1.807) is 4.52 Å². The monoisotopic (exact) mass is 326 g/mol. The van der Waals surface area contributed by atoms with Gasteiger partial charge in [-0.25, -0.2) is 0 Å². The molecule has 1 atom stereocenters. The van der Waals surface area contributed by atoms with Crippen molar-refractivity contribution in [1.29, 1.82) is 0 Å². The molecule has 0 aliphatic heterocycles. The number of aromatic nitrogens is 4. The van der Waals surface area contributed by atoms with Crippen LogP contribution in [0.5, 0.6) is 0 Å². The molecule has 0 aliphatic carbocycles. The molecule has 3 N–H and O–H groups in total. The van der Waals surface area contributed by atoms with Crippen molar-refractivity contribution >= 4 is 17.2 Å². The van der Waals surface area contributed by atoms with E-state index in [0.29, 0.717) is 23.8 Å². The Hall–Kier alpha value is -2.67. The fourth-order valence-corrected chi connectivity index (χ4v) is 2.46. The number of aryl methyl sites for hydroxylation is 1. The van der Waals surface area contributed by atoms with Crippen molar-refractivity contribution in [3.8, 4) is 0 Å². The lowest BCUT2D eigenvalue weighted by molar-refractivity contribution is 0.271. The van der Waals surface area contributed by atoms with Crippen molar-refractivity contribution in [3.05, 3.63) is 47.8 Å². The lowest BCUT2D eigenvalue weighted by Crippen LogP contribution is -2.23. The Morgan fingerprint density at radius 3 is 2.71 bits per heavy atom. The number of aliphatic hydroxyl groups is 1. The predicted molar refractivity (Wildman–Crippen MR) is 94.1 cm³/mol. The maximum Gasteiger partial charge on any atom is 0.201 e. The molecule has 0 amide bonds. The first kappa shape index (κ1) is 16.2. The molecule has 3 rings (SSSR count).